The molecule has 1 heterocycles. The molecule has 0 radical (unpaired) electrons. The first-order valence-electron chi connectivity index (χ1n) is 7.82. The average molecular weight is 296 g/mol. The zero-order chi connectivity index (χ0) is 15.4. The molecule has 1 unspecified atom stereocenters. The summed E-state index contributed by atoms with van der Waals surface area (Å²) in [5.74, 6) is 0.573. The van der Waals surface area contributed by atoms with Crippen molar-refractivity contribution in [3.63, 3.8) is 0 Å². The van der Waals surface area contributed by atoms with E-state index in [0.717, 1.165) is 29.9 Å². The summed E-state index contributed by atoms with van der Waals surface area (Å²) in [6.07, 6.45) is 3.08. The predicted molar refractivity (Wildman–Crippen MR) is 85.2 cm³/mol. The van der Waals surface area contributed by atoms with E-state index in [2.05, 4.69) is 6.92 Å². The van der Waals surface area contributed by atoms with Gasteiger partial charge in [0.05, 0.1) is 12.2 Å². The van der Waals surface area contributed by atoms with Gasteiger partial charge in [-0.25, -0.2) is 4.79 Å². The smallest absolute Gasteiger partial charge is 0.339 e. The topological polar surface area (TPSA) is 35.5 Å². The van der Waals surface area contributed by atoms with E-state index in [9.17, 15) is 4.79 Å². The van der Waals surface area contributed by atoms with Gasteiger partial charge in [-0.3, -0.25) is 0 Å². The van der Waals surface area contributed by atoms with Gasteiger partial charge in [0, 0.05) is 11.1 Å². The van der Waals surface area contributed by atoms with Crippen LogP contribution in [-0.4, -0.2) is 12.6 Å². The third-order valence-corrected chi connectivity index (χ3v) is 3.87. The molecule has 3 rings (SSSR count). The predicted octanol–water partition coefficient (Wildman–Crippen LogP) is 4.52. The molecule has 22 heavy (non-hydrogen) atoms. The summed E-state index contributed by atoms with van der Waals surface area (Å²) in [7, 11) is 0. The van der Waals surface area contributed by atoms with Crippen LogP contribution >= 0.6 is 0 Å². The van der Waals surface area contributed by atoms with Gasteiger partial charge in [0.15, 0.2) is 6.10 Å². The quantitative estimate of drug-likeness (QED) is 0.581. The maximum atomic E-state index is 11.9. The number of rotatable bonds is 6. The molecule has 0 saturated heterocycles. The molecule has 0 spiro atoms. The van der Waals surface area contributed by atoms with Crippen LogP contribution in [0.5, 0.6) is 5.75 Å². The minimum Gasteiger partial charge on any atom is -0.494 e. The SMILES string of the molecule is CCCCCOc1cccc(C2OC(=O)c3ccccc32)c1. The summed E-state index contributed by atoms with van der Waals surface area (Å²) in [4.78, 5) is 11.9. The summed E-state index contributed by atoms with van der Waals surface area (Å²) in [6, 6.07) is 15.4. The number of unbranched alkanes of at least 4 members (excludes halogenated alkanes) is 2. The second-order valence-electron chi connectivity index (χ2n) is 5.50. The van der Waals surface area contributed by atoms with Gasteiger partial charge in [0.25, 0.3) is 0 Å². The van der Waals surface area contributed by atoms with Crippen LogP contribution in [0, 0.1) is 0 Å². The van der Waals surface area contributed by atoms with Gasteiger partial charge in [-0.2, -0.15) is 0 Å². The van der Waals surface area contributed by atoms with Gasteiger partial charge in [0.2, 0.25) is 0 Å². The Kier molecular flexibility index (Phi) is 4.42. The van der Waals surface area contributed by atoms with Gasteiger partial charge >= 0.3 is 5.97 Å². The van der Waals surface area contributed by atoms with E-state index in [0.29, 0.717) is 5.56 Å². The van der Waals surface area contributed by atoms with Gasteiger partial charge in [0.1, 0.15) is 5.75 Å². The lowest BCUT2D eigenvalue weighted by Crippen LogP contribution is -2.02. The van der Waals surface area contributed by atoms with Crippen molar-refractivity contribution in [2.45, 2.75) is 32.3 Å². The number of hydrogen-bond acceptors (Lipinski definition) is 3. The highest BCUT2D eigenvalue weighted by atomic mass is 16.5. The molecular formula is C19H20O3. The van der Waals surface area contributed by atoms with E-state index in [-0.39, 0.29) is 12.1 Å². The fraction of sp³-hybridized carbons (Fsp3) is 0.316. The van der Waals surface area contributed by atoms with Crippen molar-refractivity contribution in [3.05, 3.63) is 65.2 Å². The first-order chi connectivity index (χ1) is 10.8. The molecule has 0 aromatic heterocycles. The molecule has 3 heteroatoms. The molecule has 3 nitrogen and oxygen atoms in total. The molecule has 0 bridgehead atoms. The zero-order valence-corrected chi connectivity index (χ0v) is 12.7. The molecule has 2 aromatic rings. The number of ether oxygens (including phenoxy) is 2. The summed E-state index contributed by atoms with van der Waals surface area (Å²) < 4.78 is 11.3. The van der Waals surface area contributed by atoms with Crippen LogP contribution in [0.3, 0.4) is 0 Å². The van der Waals surface area contributed by atoms with E-state index in [1.165, 1.54) is 12.8 Å². The molecule has 1 aliphatic heterocycles. The maximum absolute atomic E-state index is 11.9. The highest BCUT2D eigenvalue weighted by Crippen LogP contribution is 2.36. The molecule has 0 amide bonds. The molecule has 114 valence electrons. The van der Waals surface area contributed by atoms with Gasteiger partial charge in [-0.05, 0) is 24.6 Å². The Bertz CT molecular complexity index is 663. The third-order valence-electron chi connectivity index (χ3n) is 3.87. The first-order valence-corrected chi connectivity index (χ1v) is 7.82. The first kappa shape index (κ1) is 14.6. The molecule has 0 saturated carbocycles. The minimum atomic E-state index is -0.331. The fourth-order valence-electron chi connectivity index (χ4n) is 2.70. The van der Waals surface area contributed by atoms with Crippen molar-refractivity contribution in [1.29, 1.82) is 0 Å². The average Bonchev–Trinajstić information content (AvgIpc) is 2.90. The summed E-state index contributed by atoms with van der Waals surface area (Å²) in [5, 5.41) is 0. The molecule has 0 aliphatic carbocycles. The summed E-state index contributed by atoms with van der Waals surface area (Å²) in [6.45, 7) is 2.89. The monoisotopic (exact) mass is 296 g/mol. The van der Waals surface area contributed by atoms with Crippen LogP contribution in [0.15, 0.2) is 48.5 Å². The van der Waals surface area contributed by atoms with E-state index in [1.54, 1.807) is 0 Å². The number of esters is 1. The van der Waals surface area contributed by atoms with Crippen LogP contribution in [0.2, 0.25) is 0 Å². The van der Waals surface area contributed by atoms with Crippen LogP contribution in [0.4, 0.5) is 0 Å². The molecule has 0 N–H and O–H groups in total. The molecular weight excluding hydrogens is 276 g/mol. The summed E-state index contributed by atoms with van der Waals surface area (Å²) >= 11 is 0. The lowest BCUT2D eigenvalue weighted by atomic mass is 9.99. The van der Waals surface area contributed by atoms with Gasteiger partial charge in [-0.15, -0.1) is 0 Å². The number of hydrogen-bond donors (Lipinski definition) is 0. The molecule has 2 aromatic carbocycles. The fourth-order valence-corrected chi connectivity index (χ4v) is 2.70. The van der Waals surface area contributed by atoms with Crippen LogP contribution in [0.25, 0.3) is 0 Å². The van der Waals surface area contributed by atoms with E-state index < -0.39 is 0 Å². The Hall–Kier alpha value is -2.29. The minimum absolute atomic E-state index is 0.255. The largest absolute Gasteiger partial charge is 0.494 e. The van der Waals surface area contributed by atoms with Crippen molar-refractivity contribution < 1.29 is 14.3 Å². The highest BCUT2D eigenvalue weighted by molar-refractivity contribution is 5.94. The number of carbonyl (C=O) groups excluding carboxylic acids is 1. The second kappa shape index (κ2) is 6.65. The van der Waals surface area contributed by atoms with E-state index in [4.69, 9.17) is 9.47 Å². The third kappa shape index (κ3) is 2.98. The Morgan fingerprint density at radius 1 is 1.09 bits per heavy atom. The lowest BCUT2D eigenvalue weighted by molar-refractivity contribution is 0.0455. The van der Waals surface area contributed by atoms with Crippen LogP contribution < -0.4 is 4.74 Å². The Morgan fingerprint density at radius 2 is 1.95 bits per heavy atom. The van der Waals surface area contributed by atoms with E-state index in [1.807, 2.05) is 48.5 Å². The van der Waals surface area contributed by atoms with Crippen molar-refractivity contribution in [1.82, 2.24) is 0 Å². The number of cyclic esters (lactones) is 1. The Morgan fingerprint density at radius 3 is 2.82 bits per heavy atom. The number of carbonyl (C=O) groups is 1. The van der Waals surface area contributed by atoms with E-state index >= 15 is 0 Å². The number of benzene rings is 2. The normalized spacial score (nSPS) is 16.2. The van der Waals surface area contributed by atoms with Crippen molar-refractivity contribution >= 4 is 5.97 Å². The molecule has 1 aliphatic rings. The zero-order valence-electron chi connectivity index (χ0n) is 12.7. The molecule has 1 atom stereocenters. The summed E-state index contributed by atoms with van der Waals surface area (Å²) in [5.41, 5.74) is 2.53. The molecule has 0 fully saturated rings. The van der Waals surface area contributed by atoms with Gasteiger partial charge < -0.3 is 9.47 Å². The van der Waals surface area contributed by atoms with Crippen molar-refractivity contribution in [3.8, 4) is 5.75 Å². The number of fused-ring (bicyclic) bond motifs is 1. The highest BCUT2D eigenvalue weighted by Gasteiger charge is 2.31. The van der Waals surface area contributed by atoms with Crippen molar-refractivity contribution in [2.75, 3.05) is 6.61 Å². The van der Waals surface area contributed by atoms with Crippen LogP contribution in [0.1, 0.15) is 53.8 Å². The maximum Gasteiger partial charge on any atom is 0.339 e. The Balaban J connectivity index is 1.77. The van der Waals surface area contributed by atoms with Crippen molar-refractivity contribution in [2.24, 2.45) is 0 Å². The Labute approximate surface area is 130 Å². The standard InChI is InChI=1S/C19H20O3/c1-2-3-6-12-21-15-9-7-8-14(13-15)18-16-10-4-5-11-17(16)19(20)22-18/h4-5,7-11,13,18H,2-3,6,12H2,1H3. The second-order valence-corrected chi connectivity index (χ2v) is 5.50. The van der Waals surface area contributed by atoms with Gasteiger partial charge in [-0.1, -0.05) is 50.1 Å². The van der Waals surface area contributed by atoms with Crippen LogP contribution in [-0.2, 0) is 4.74 Å². The lowest BCUT2D eigenvalue weighted by Gasteiger charge is -2.13.